The van der Waals surface area contributed by atoms with Crippen molar-refractivity contribution in [1.82, 2.24) is 30.1 Å². The largest absolute Gasteiger partial charge is 0.372 e. The maximum Gasteiger partial charge on any atom is 0.208 e. The van der Waals surface area contributed by atoms with E-state index in [-0.39, 0.29) is 6.54 Å². The van der Waals surface area contributed by atoms with Crippen LogP contribution in [0, 0.1) is 22.7 Å². The molecule has 0 radical (unpaired) electrons. The lowest BCUT2D eigenvalue weighted by Crippen LogP contribution is -2.43. The third kappa shape index (κ3) is 3.71. The molecule has 1 saturated heterocycles. The Kier molecular flexibility index (Phi) is 5.34. The second-order valence-corrected chi connectivity index (χ2v) is 8.12. The van der Waals surface area contributed by atoms with Gasteiger partial charge in [0.1, 0.15) is 12.6 Å². The molecule has 10 nitrogen and oxygen atoms in total. The van der Waals surface area contributed by atoms with E-state index in [4.69, 9.17) is 10.5 Å². The number of nitrogens with zero attached hydrogens (tertiary/aromatic N) is 8. The van der Waals surface area contributed by atoms with Gasteiger partial charge in [-0.25, -0.2) is 4.52 Å². The Bertz CT molecular complexity index is 1350. The highest BCUT2D eigenvalue weighted by Crippen LogP contribution is 2.35. The van der Waals surface area contributed by atoms with Gasteiger partial charge in [-0.3, -0.25) is 4.98 Å². The molecule has 2 N–H and O–H groups in total. The van der Waals surface area contributed by atoms with Crippen molar-refractivity contribution in [2.75, 3.05) is 42.9 Å². The molecule has 5 heterocycles. The molecule has 0 bridgehead atoms. The van der Waals surface area contributed by atoms with Crippen molar-refractivity contribution in [3.63, 3.8) is 0 Å². The maximum absolute atomic E-state index is 9.10. The monoisotopic (exact) mass is 442 g/mol. The first-order valence-electron chi connectivity index (χ1n) is 10.1. The normalized spacial score (nSPS) is 13.6. The van der Waals surface area contributed by atoms with Crippen LogP contribution in [0.5, 0.6) is 0 Å². The summed E-state index contributed by atoms with van der Waals surface area (Å²) in [7, 11) is 0. The number of piperazine rings is 1. The molecule has 1 aliphatic rings. The van der Waals surface area contributed by atoms with Crippen LogP contribution in [0.25, 0.3) is 27.5 Å². The molecular formula is C21H18N10S. The summed E-state index contributed by atoms with van der Waals surface area (Å²) in [6.07, 6.45) is 3.28. The Morgan fingerprint density at radius 3 is 2.81 bits per heavy atom. The highest BCUT2D eigenvalue weighted by molar-refractivity contribution is 7.18. The lowest BCUT2D eigenvalue weighted by molar-refractivity contribution is 0.587. The van der Waals surface area contributed by atoms with Crippen molar-refractivity contribution in [2.45, 2.75) is 0 Å². The smallest absolute Gasteiger partial charge is 0.208 e. The van der Waals surface area contributed by atoms with Crippen LogP contribution >= 0.6 is 11.3 Å². The number of aromatic nitrogens is 5. The van der Waals surface area contributed by atoms with Crippen LogP contribution in [0.2, 0.25) is 0 Å². The topological polar surface area (TPSA) is 131 Å². The Morgan fingerprint density at radius 2 is 2.00 bits per heavy atom. The Labute approximate surface area is 187 Å². The van der Waals surface area contributed by atoms with Gasteiger partial charge in [-0.05, 0) is 24.3 Å². The van der Waals surface area contributed by atoms with Crippen molar-refractivity contribution in [2.24, 2.45) is 0 Å². The van der Waals surface area contributed by atoms with Gasteiger partial charge >= 0.3 is 0 Å². The van der Waals surface area contributed by atoms with Gasteiger partial charge in [-0.15, -0.1) is 10.2 Å². The zero-order valence-electron chi connectivity index (χ0n) is 17.0. The Hall–Kier alpha value is -4.06. The molecule has 1 aliphatic heterocycles. The number of hydrogen-bond donors (Lipinski definition) is 2. The summed E-state index contributed by atoms with van der Waals surface area (Å²) in [4.78, 5) is 6.87. The average molecular weight is 443 g/mol. The van der Waals surface area contributed by atoms with E-state index >= 15 is 0 Å². The van der Waals surface area contributed by atoms with Crippen LogP contribution < -0.4 is 15.5 Å². The number of fused-ring (bicyclic) bond motifs is 1. The quantitative estimate of drug-likeness (QED) is 0.446. The van der Waals surface area contributed by atoms with E-state index < -0.39 is 0 Å². The van der Waals surface area contributed by atoms with Gasteiger partial charge in [0.2, 0.25) is 5.13 Å². The number of nitrogens with one attached hydrogen (secondary N) is 2. The molecule has 0 amide bonds. The maximum atomic E-state index is 9.10. The highest BCUT2D eigenvalue weighted by Gasteiger charge is 2.19. The van der Waals surface area contributed by atoms with E-state index in [9.17, 15) is 0 Å². The molecule has 32 heavy (non-hydrogen) atoms. The predicted octanol–water partition coefficient (Wildman–Crippen LogP) is 2.13. The number of nitriles is 2. The van der Waals surface area contributed by atoms with Crippen LogP contribution in [0.3, 0.4) is 0 Å². The lowest BCUT2D eigenvalue weighted by Gasteiger charge is -2.26. The highest BCUT2D eigenvalue weighted by atomic mass is 32.1. The summed E-state index contributed by atoms with van der Waals surface area (Å²) >= 11 is 1.51. The lowest BCUT2D eigenvalue weighted by atomic mass is 10.2. The zero-order chi connectivity index (χ0) is 21.9. The summed E-state index contributed by atoms with van der Waals surface area (Å²) in [5, 5.41) is 39.5. The third-order valence-corrected chi connectivity index (χ3v) is 6.20. The number of rotatable bonds is 5. The summed E-state index contributed by atoms with van der Waals surface area (Å²) in [5.74, 6) is 0. The van der Waals surface area contributed by atoms with Crippen molar-refractivity contribution in [3.05, 3.63) is 42.2 Å². The predicted molar refractivity (Wildman–Crippen MR) is 121 cm³/mol. The van der Waals surface area contributed by atoms with Gasteiger partial charge in [0, 0.05) is 38.1 Å². The van der Waals surface area contributed by atoms with Gasteiger partial charge in [-0.2, -0.15) is 15.6 Å². The molecule has 0 unspecified atom stereocenters. The molecule has 0 aromatic carbocycles. The van der Waals surface area contributed by atoms with E-state index in [1.165, 1.54) is 17.5 Å². The molecule has 11 heteroatoms. The molecule has 0 spiro atoms. The Balaban J connectivity index is 1.52. The van der Waals surface area contributed by atoms with E-state index in [1.807, 2.05) is 18.2 Å². The van der Waals surface area contributed by atoms with Crippen LogP contribution in [0.4, 0.5) is 10.8 Å². The first-order chi connectivity index (χ1) is 15.8. The zero-order valence-corrected chi connectivity index (χ0v) is 17.8. The van der Waals surface area contributed by atoms with Crippen LogP contribution in [0.1, 0.15) is 5.56 Å². The van der Waals surface area contributed by atoms with Gasteiger partial charge in [0.25, 0.3) is 0 Å². The first kappa shape index (κ1) is 19.9. The molecular weight excluding hydrogens is 424 g/mol. The van der Waals surface area contributed by atoms with Crippen LogP contribution in [0.15, 0.2) is 36.7 Å². The first-order valence-corrected chi connectivity index (χ1v) is 10.9. The van der Waals surface area contributed by atoms with E-state index in [1.54, 1.807) is 16.8 Å². The van der Waals surface area contributed by atoms with Gasteiger partial charge in [0.05, 0.1) is 40.3 Å². The fourth-order valence-electron chi connectivity index (χ4n) is 3.61. The minimum atomic E-state index is 0.151. The molecule has 158 valence electrons. The molecule has 0 atom stereocenters. The van der Waals surface area contributed by atoms with Gasteiger partial charge in [-0.1, -0.05) is 11.3 Å². The second kappa shape index (κ2) is 8.59. The van der Waals surface area contributed by atoms with Crippen molar-refractivity contribution >= 4 is 27.7 Å². The molecule has 4 aromatic heterocycles. The summed E-state index contributed by atoms with van der Waals surface area (Å²) in [6, 6.07) is 11.7. The molecule has 0 aliphatic carbocycles. The fraction of sp³-hybridized carbons (Fsp3) is 0.238. The van der Waals surface area contributed by atoms with Crippen molar-refractivity contribution < 1.29 is 0 Å². The SMILES string of the molecule is N#CCNc1cc(-c2ccc3cc(C#N)cnn23)ncc1-c1nnc(N2CCNCC2)s1. The molecule has 5 rings (SSSR count). The van der Waals surface area contributed by atoms with Crippen molar-refractivity contribution in [1.29, 1.82) is 10.5 Å². The van der Waals surface area contributed by atoms with Crippen molar-refractivity contribution in [3.8, 4) is 34.1 Å². The van der Waals surface area contributed by atoms with E-state index in [0.29, 0.717) is 11.3 Å². The van der Waals surface area contributed by atoms with E-state index in [0.717, 1.165) is 58.8 Å². The van der Waals surface area contributed by atoms with Crippen LogP contribution in [-0.2, 0) is 0 Å². The summed E-state index contributed by atoms with van der Waals surface area (Å²) in [5.41, 5.74) is 4.33. The second-order valence-electron chi connectivity index (χ2n) is 7.16. The standard InChI is InChI=1S/C21H18N10S/c22-3-4-25-17-10-18(19-2-1-15-9-14(11-23)12-27-31(15)19)26-13-16(17)20-28-29-21(32-20)30-7-5-24-6-8-30/h1-2,9-10,12-13,24H,4-8H2,(H,25,26). The fourth-order valence-corrected chi connectivity index (χ4v) is 4.53. The summed E-state index contributed by atoms with van der Waals surface area (Å²) in [6.45, 7) is 3.80. The van der Waals surface area contributed by atoms with Crippen LogP contribution in [-0.4, -0.2) is 57.5 Å². The minimum Gasteiger partial charge on any atom is -0.372 e. The average Bonchev–Trinajstić information content (AvgIpc) is 3.50. The third-order valence-electron chi connectivity index (χ3n) is 5.19. The number of anilines is 2. The molecule has 0 saturated carbocycles. The molecule has 1 fully saturated rings. The summed E-state index contributed by atoms with van der Waals surface area (Å²) < 4.78 is 1.74. The molecule has 4 aromatic rings. The van der Waals surface area contributed by atoms with Gasteiger partial charge in [0.15, 0.2) is 5.01 Å². The van der Waals surface area contributed by atoms with E-state index in [2.05, 4.69) is 48.0 Å². The number of hydrogen-bond acceptors (Lipinski definition) is 10. The number of pyridine rings is 1. The Morgan fingerprint density at radius 1 is 1.12 bits per heavy atom. The minimum absolute atomic E-state index is 0.151. The van der Waals surface area contributed by atoms with Gasteiger partial charge < -0.3 is 15.5 Å².